The largest absolute Gasteiger partial charge is 0.330 e. The maximum atomic E-state index is 5.41. The van der Waals surface area contributed by atoms with Gasteiger partial charge in [-0.15, -0.1) is 0 Å². The molecule has 0 spiro atoms. The molecular formula is C12H24BrN. The molecule has 0 unspecified atom stereocenters. The van der Waals surface area contributed by atoms with Crippen molar-refractivity contribution in [3.8, 4) is 0 Å². The zero-order valence-corrected chi connectivity index (χ0v) is 10.8. The first-order valence-electron chi connectivity index (χ1n) is 5.83. The molecule has 2 N–H and O–H groups in total. The minimum atomic E-state index is 0.834. The smallest absolute Gasteiger partial charge is 0.00313 e. The van der Waals surface area contributed by atoms with Gasteiger partial charge in [-0.2, -0.15) is 0 Å². The van der Waals surface area contributed by atoms with Crippen molar-refractivity contribution in [2.24, 2.45) is 5.73 Å². The summed E-state index contributed by atoms with van der Waals surface area (Å²) >= 11 is 3.44. The van der Waals surface area contributed by atoms with E-state index in [1.165, 1.54) is 44.9 Å². The van der Waals surface area contributed by atoms with Crippen LogP contribution in [0, 0.1) is 0 Å². The third kappa shape index (κ3) is 12.2. The molecule has 0 rings (SSSR count). The van der Waals surface area contributed by atoms with Gasteiger partial charge in [-0.05, 0) is 45.1 Å². The van der Waals surface area contributed by atoms with Crippen molar-refractivity contribution >= 4 is 15.9 Å². The van der Waals surface area contributed by atoms with Crippen LogP contribution in [0.2, 0.25) is 0 Å². The Balaban J connectivity index is 2.96. The highest BCUT2D eigenvalue weighted by Gasteiger charge is 1.87. The summed E-state index contributed by atoms with van der Waals surface area (Å²) in [6.45, 7) is 0.834. The summed E-state index contributed by atoms with van der Waals surface area (Å²) < 4.78 is 0. The van der Waals surface area contributed by atoms with Crippen LogP contribution in [0.4, 0.5) is 0 Å². The summed E-state index contributed by atoms with van der Waals surface area (Å²) in [7, 11) is 0. The summed E-state index contributed by atoms with van der Waals surface area (Å²) in [6, 6.07) is 0. The molecule has 0 amide bonds. The van der Waals surface area contributed by atoms with Crippen LogP contribution in [0.15, 0.2) is 12.2 Å². The van der Waals surface area contributed by atoms with Crippen LogP contribution in [-0.4, -0.2) is 11.9 Å². The van der Waals surface area contributed by atoms with Crippen LogP contribution in [0.3, 0.4) is 0 Å². The van der Waals surface area contributed by atoms with E-state index >= 15 is 0 Å². The van der Waals surface area contributed by atoms with Gasteiger partial charge in [-0.3, -0.25) is 0 Å². The highest BCUT2D eigenvalue weighted by atomic mass is 79.9. The molecule has 0 aromatic rings. The Morgan fingerprint density at radius 1 is 0.786 bits per heavy atom. The lowest BCUT2D eigenvalue weighted by Gasteiger charge is -1.96. The molecule has 0 heterocycles. The summed E-state index contributed by atoms with van der Waals surface area (Å²) in [5.74, 6) is 0. The van der Waals surface area contributed by atoms with E-state index in [1.54, 1.807) is 0 Å². The average molecular weight is 262 g/mol. The quantitative estimate of drug-likeness (QED) is 0.359. The van der Waals surface area contributed by atoms with Gasteiger partial charge in [0.05, 0.1) is 0 Å². The minimum absolute atomic E-state index is 0.834. The first-order chi connectivity index (χ1) is 6.91. The second-order valence-electron chi connectivity index (χ2n) is 3.65. The third-order valence-electron chi connectivity index (χ3n) is 2.25. The van der Waals surface area contributed by atoms with Gasteiger partial charge in [-0.1, -0.05) is 40.9 Å². The van der Waals surface area contributed by atoms with E-state index < -0.39 is 0 Å². The fourth-order valence-corrected chi connectivity index (χ4v) is 1.75. The summed E-state index contributed by atoms with van der Waals surface area (Å²) in [4.78, 5) is 0. The second-order valence-corrected chi connectivity index (χ2v) is 4.44. The summed E-state index contributed by atoms with van der Waals surface area (Å²) in [6.07, 6.45) is 14.9. The molecule has 0 saturated carbocycles. The zero-order chi connectivity index (χ0) is 10.5. The zero-order valence-electron chi connectivity index (χ0n) is 9.18. The lowest BCUT2D eigenvalue weighted by molar-refractivity contribution is 0.678. The van der Waals surface area contributed by atoms with Gasteiger partial charge in [0.2, 0.25) is 0 Å². The SMILES string of the molecule is NCCCCC=CCCCCCCBr. The fourth-order valence-electron chi connectivity index (χ4n) is 1.35. The van der Waals surface area contributed by atoms with Gasteiger partial charge in [0.15, 0.2) is 0 Å². The Hall–Kier alpha value is 0.180. The lowest BCUT2D eigenvalue weighted by atomic mass is 10.1. The molecule has 0 radical (unpaired) electrons. The molecule has 0 saturated heterocycles. The van der Waals surface area contributed by atoms with E-state index in [4.69, 9.17) is 5.73 Å². The molecule has 0 aliphatic heterocycles. The first-order valence-corrected chi connectivity index (χ1v) is 6.95. The van der Waals surface area contributed by atoms with Crippen molar-refractivity contribution in [2.75, 3.05) is 11.9 Å². The first kappa shape index (κ1) is 14.2. The number of unbranched alkanes of at least 4 members (excludes halogenated alkanes) is 6. The van der Waals surface area contributed by atoms with Gasteiger partial charge >= 0.3 is 0 Å². The highest BCUT2D eigenvalue weighted by molar-refractivity contribution is 9.09. The number of hydrogen-bond acceptors (Lipinski definition) is 1. The molecule has 0 bridgehead atoms. The molecule has 0 aromatic carbocycles. The summed E-state index contributed by atoms with van der Waals surface area (Å²) in [5.41, 5.74) is 5.41. The van der Waals surface area contributed by atoms with E-state index in [0.29, 0.717) is 0 Å². The van der Waals surface area contributed by atoms with Gasteiger partial charge in [0, 0.05) is 5.33 Å². The van der Waals surface area contributed by atoms with E-state index in [1.807, 2.05) is 0 Å². The molecule has 84 valence electrons. The van der Waals surface area contributed by atoms with Gasteiger partial charge < -0.3 is 5.73 Å². The van der Waals surface area contributed by atoms with Gasteiger partial charge in [-0.25, -0.2) is 0 Å². The molecule has 0 atom stereocenters. The molecule has 0 fully saturated rings. The van der Waals surface area contributed by atoms with Crippen LogP contribution in [0.25, 0.3) is 0 Å². The Kier molecular flexibility index (Phi) is 13.3. The monoisotopic (exact) mass is 261 g/mol. The maximum Gasteiger partial charge on any atom is 0.00313 e. The molecule has 14 heavy (non-hydrogen) atoms. The Bertz CT molecular complexity index is 123. The molecule has 0 aliphatic carbocycles. The number of hydrogen-bond donors (Lipinski definition) is 1. The predicted molar refractivity (Wildman–Crippen MR) is 68.9 cm³/mol. The van der Waals surface area contributed by atoms with Crippen LogP contribution >= 0.6 is 15.9 Å². The van der Waals surface area contributed by atoms with Crippen LogP contribution in [0.1, 0.15) is 51.4 Å². The average Bonchev–Trinajstić information content (AvgIpc) is 2.21. The topological polar surface area (TPSA) is 26.0 Å². The van der Waals surface area contributed by atoms with E-state index in [0.717, 1.165) is 18.3 Å². The van der Waals surface area contributed by atoms with Crippen molar-refractivity contribution < 1.29 is 0 Å². The van der Waals surface area contributed by atoms with Crippen molar-refractivity contribution in [3.63, 3.8) is 0 Å². The highest BCUT2D eigenvalue weighted by Crippen LogP contribution is 2.05. The lowest BCUT2D eigenvalue weighted by Crippen LogP contribution is -1.96. The standard InChI is InChI=1S/C12H24BrN/c13-11-9-7-5-3-1-2-4-6-8-10-12-14/h2,4H,1,3,5-12,14H2. The molecule has 0 aliphatic rings. The van der Waals surface area contributed by atoms with Crippen LogP contribution < -0.4 is 5.73 Å². The number of halogens is 1. The van der Waals surface area contributed by atoms with Crippen molar-refractivity contribution in [1.82, 2.24) is 0 Å². The maximum absolute atomic E-state index is 5.41. The molecule has 2 heteroatoms. The fraction of sp³-hybridized carbons (Fsp3) is 0.833. The Morgan fingerprint density at radius 3 is 1.93 bits per heavy atom. The van der Waals surface area contributed by atoms with E-state index in [9.17, 15) is 0 Å². The summed E-state index contributed by atoms with van der Waals surface area (Å²) in [5, 5.41) is 1.15. The van der Waals surface area contributed by atoms with Crippen molar-refractivity contribution in [3.05, 3.63) is 12.2 Å². The third-order valence-corrected chi connectivity index (χ3v) is 2.81. The Labute approximate surface area is 97.3 Å². The second kappa shape index (κ2) is 13.2. The number of rotatable bonds is 10. The van der Waals surface area contributed by atoms with Gasteiger partial charge in [0.1, 0.15) is 0 Å². The van der Waals surface area contributed by atoms with Crippen molar-refractivity contribution in [1.29, 1.82) is 0 Å². The number of nitrogens with two attached hydrogens (primary N) is 1. The molecule has 0 aromatic heterocycles. The number of alkyl halides is 1. The van der Waals surface area contributed by atoms with E-state index in [-0.39, 0.29) is 0 Å². The molecule has 1 nitrogen and oxygen atoms in total. The van der Waals surface area contributed by atoms with Crippen molar-refractivity contribution in [2.45, 2.75) is 51.4 Å². The minimum Gasteiger partial charge on any atom is -0.330 e. The Morgan fingerprint density at radius 2 is 1.36 bits per heavy atom. The normalized spacial score (nSPS) is 11.3. The predicted octanol–water partition coefficient (Wildman–Crippen LogP) is 4.02. The van der Waals surface area contributed by atoms with E-state index in [2.05, 4.69) is 28.1 Å². The van der Waals surface area contributed by atoms with Crippen LogP contribution in [-0.2, 0) is 0 Å². The van der Waals surface area contributed by atoms with Crippen LogP contribution in [0.5, 0.6) is 0 Å². The molecular weight excluding hydrogens is 238 g/mol. The number of allylic oxidation sites excluding steroid dienone is 2. The van der Waals surface area contributed by atoms with Gasteiger partial charge in [0.25, 0.3) is 0 Å².